The SMILES string of the molecule is CN(CC(=O)Nc1ccc2c(c1)OCO2)Cc1c(F)cccc1Cl.O=C(O)C(=O)O. The van der Waals surface area contributed by atoms with Gasteiger partial charge in [0, 0.05) is 28.9 Å². The van der Waals surface area contributed by atoms with Crippen LogP contribution in [0.2, 0.25) is 5.02 Å². The second-order valence-corrected chi connectivity index (χ2v) is 6.51. The molecule has 3 rings (SSSR count). The molecule has 1 aliphatic heterocycles. The first kappa shape index (κ1) is 22.9. The van der Waals surface area contributed by atoms with Gasteiger partial charge >= 0.3 is 11.9 Å². The molecule has 9 nitrogen and oxygen atoms in total. The summed E-state index contributed by atoms with van der Waals surface area (Å²) in [6.45, 7) is 0.512. The Labute approximate surface area is 175 Å². The Morgan fingerprint density at radius 1 is 1.13 bits per heavy atom. The maximum absolute atomic E-state index is 13.8. The molecule has 0 unspecified atom stereocenters. The number of carbonyl (C=O) groups is 3. The van der Waals surface area contributed by atoms with Crippen LogP contribution < -0.4 is 14.8 Å². The monoisotopic (exact) mass is 440 g/mol. The van der Waals surface area contributed by atoms with Crippen molar-refractivity contribution in [1.29, 1.82) is 0 Å². The van der Waals surface area contributed by atoms with E-state index in [1.54, 1.807) is 42.3 Å². The Morgan fingerprint density at radius 3 is 2.43 bits per heavy atom. The maximum atomic E-state index is 13.8. The van der Waals surface area contributed by atoms with Crippen molar-refractivity contribution in [3.05, 3.63) is 52.8 Å². The number of carboxylic acids is 2. The normalized spacial score (nSPS) is 11.5. The fourth-order valence-corrected chi connectivity index (χ4v) is 2.65. The summed E-state index contributed by atoms with van der Waals surface area (Å²) in [6.07, 6.45) is 0. The predicted molar refractivity (Wildman–Crippen MR) is 104 cm³/mol. The van der Waals surface area contributed by atoms with Gasteiger partial charge in [-0.05, 0) is 31.3 Å². The van der Waals surface area contributed by atoms with Gasteiger partial charge in [0.15, 0.2) is 11.5 Å². The molecular formula is C19H18ClFN2O7. The summed E-state index contributed by atoms with van der Waals surface area (Å²) >= 11 is 6.00. The molecule has 3 N–H and O–H groups in total. The van der Waals surface area contributed by atoms with Gasteiger partial charge in [0.2, 0.25) is 12.7 Å². The number of carboxylic acid groups (broad SMARTS) is 2. The van der Waals surface area contributed by atoms with Crippen molar-refractivity contribution in [2.24, 2.45) is 0 Å². The van der Waals surface area contributed by atoms with Gasteiger partial charge in [-0.2, -0.15) is 0 Å². The first-order chi connectivity index (χ1) is 14.2. The molecule has 1 amide bonds. The van der Waals surface area contributed by atoms with Crippen molar-refractivity contribution in [3.63, 3.8) is 0 Å². The van der Waals surface area contributed by atoms with E-state index in [0.717, 1.165) is 0 Å². The van der Waals surface area contributed by atoms with Gasteiger partial charge in [0.25, 0.3) is 0 Å². The number of rotatable bonds is 5. The first-order valence-electron chi connectivity index (χ1n) is 8.44. The second kappa shape index (κ2) is 10.4. The molecule has 0 atom stereocenters. The molecule has 0 saturated heterocycles. The number of fused-ring (bicyclic) bond motifs is 1. The van der Waals surface area contributed by atoms with Crippen molar-refractivity contribution in [1.82, 2.24) is 4.90 Å². The highest BCUT2D eigenvalue weighted by molar-refractivity contribution is 6.31. The Balaban J connectivity index is 0.000000469. The van der Waals surface area contributed by atoms with Gasteiger partial charge in [0.1, 0.15) is 5.82 Å². The Morgan fingerprint density at radius 2 is 1.80 bits per heavy atom. The summed E-state index contributed by atoms with van der Waals surface area (Å²) < 4.78 is 24.3. The molecule has 30 heavy (non-hydrogen) atoms. The molecular weight excluding hydrogens is 423 g/mol. The van der Waals surface area contributed by atoms with E-state index in [1.807, 2.05) is 0 Å². The molecule has 0 spiro atoms. The summed E-state index contributed by atoms with van der Waals surface area (Å²) in [5.41, 5.74) is 0.985. The number of carbonyl (C=O) groups excluding carboxylic acids is 1. The number of hydrogen-bond acceptors (Lipinski definition) is 6. The maximum Gasteiger partial charge on any atom is 0.414 e. The van der Waals surface area contributed by atoms with Crippen molar-refractivity contribution in [2.75, 3.05) is 25.7 Å². The number of anilines is 1. The molecule has 1 heterocycles. The molecule has 0 aromatic heterocycles. The van der Waals surface area contributed by atoms with Crippen LogP contribution in [0.15, 0.2) is 36.4 Å². The summed E-state index contributed by atoms with van der Waals surface area (Å²) in [4.78, 5) is 32.0. The van der Waals surface area contributed by atoms with Crippen molar-refractivity contribution >= 4 is 35.1 Å². The minimum absolute atomic E-state index is 0.0963. The van der Waals surface area contributed by atoms with Gasteiger partial charge in [-0.1, -0.05) is 17.7 Å². The Bertz CT molecular complexity index is 922. The smallest absolute Gasteiger partial charge is 0.414 e. The number of likely N-dealkylation sites (N-methyl/N-ethyl adjacent to an activating group) is 1. The van der Waals surface area contributed by atoms with Crippen LogP contribution in [0.3, 0.4) is 0 Å². The lowest BCUT2D eigenvalue weighted by atomic mass is 10.2. The highest BCUT2D eigenvalue weighted by Crippen LogP contribution is 2.34. The number of halogens is 2. The standard InChI is InChI=1S/C17H16ClFN2O3.C2H2O4/c1-21(8-12-13(18)3-2-4-14(12)19)9-17(22)20-11-5-6-15-16(7-11)24-10-23-15;3-1(4)2(5)6/h2-7H,8-10H2,1H3,(H,20,22);(H,3,4)(H,5,6). The highest BCUT2D eigenvalue weighted by Gasteiger charge is 2.16. The highest BCUT2D eigenvalue weighted by atomic mass is 35.5. The molecule has 11 heteroatoms. The van der Waals surface area contributed by atoms with Crippen molar-refractivity contribution in [2.45, 2.75) is 6.54 Å². The van der Waals surface area contributed by atoms with Crippen LogP contribution in [0.25, 0.3) is 0 Å². The summed E-state index contributed by atoms with van der Waals surface area (Å²) in [5, 5.41) is 17.9. The van der Waals surface area contributed by atoms with Crippen LogP contribution in [0.5, 0.6) is 11.5 Å². The molecule has 160 valence electrons. The quantitative estimate of drug-likeness (QED) is 0.605. The number of ether oxygens (including phenoxy) is 2. The zero-order chi connectivity index (χ0) is 22.3. The minimum Gasteiger partial charge on any atom is -0.473 e. The number of nitrogens with zero attached hydrogens (tertiary/aromatic N) is 1. The molecule has 0 saturated carbocycles. The number of amides is 1. The van der Waals surface area contributed by atoms with Crippen molar-refractivity contribution < 1.29 is 38.5 Å². The summed E-state index contributed by atoms with van der Waals surface area (Å²) in [6, 6.07) is 9.70. The fraction of sp³-hybridized carbons (Fsp3) is 0.211. The number of benzene rings is 2. The molecule has 0 aliphatic carbocycles. The zero-order valence-corrected chi connectivity index (χ0v) is 16.5. The molecule has 0 bridgehead atoms. The lowest BCUT2D eigenvalue weighted by Gasteiger charge is -2.17. The van der Waals surface area contributed by atoms with E-state index in [2.05, 4.69) is 5.32 Å². The van der Waals surface area contributed by atoms with Crippen molar-refractivity contribution in [3.8, 4) is 11.5 Å². The third kappa shape index (κ3) is 6.61. The fourth-order valence-electron chi connectivity index (χ4n) is 2.43. The summed E-state index contributed by atoms with van der Waals surface area (Å²) in [7, 11) is 1.72. The van der Waals surface area contributed by atoms with Crippen LogP contribution in [0, 0.1) is 5.82 Å². The van der Waals surface area contributed by atoms with Gasteiger partial charge in [-0.15, -0.1) is 0 Å². The number of aliphatic carboxylic acids is 2. The third-order valence-electron chi connectivity index (χ3n) is 3.74. The van der Waals surface area contributed by atoms with Crippen LogP contribution in [-0.4, -0.2) is 53.3 Å². The predicted octanol–water partition coefficient (Wildman–Crippen LogP) is 2.43. The van der Waals surface area contributed by atoms with E-state index >= 15 is 0 Å². The first-order valence-corrected chi connectivity index (χ1v) is 8.82. The minimum atomic E-state index is -1.82. The third-order valence-corrected chi connectivity index (χ3v) is 4.10. The number of nitrogens with one attached hydrogen (secondary N) is 1. The lowest BCUT2D eigenvalue weighted by Crippen LogP contribution is -2.30. The van der Waals surface area contributed by atoms with Crippen LogP contribution >= 0.6 is 11.6 Å². The number of hydrogen-bond donors (Lipinski definition) is 3. The van der Waals surface area contributed by atoms with E-state index in [9.17, 15) is 9.18 Å². The van der Waals surface area contributed by atoms with Gasteiger partial charge < -0.3 is 25.0 Å². The van der Waals surface area contributed by atoms with Crippen LogP contribution in [-0.2, 0) is 20.9 Å². The zero-order valence-electron chi connectivity index (χ0n) is 15.7. The topological polar surface area (TPSA) is 125 Å². The van der Waals surface area contributed by atoms with E-state index in [0.29, 0.717) is 27.8 Å². The summed E-state index contributed by atoms with van der Waals surface area (Å²) in [5.74, 6) is -3.00. The van der Waals surface area contributed by atoms with E-state index in [4.69, 9.17) is 40.9 Å². The lowest BCUT2D eigenvalue weighted by molar-refractivity contribution is -0.159. The van der Waals surface area contributed by atoms with Gasteiger partial charge in [0.05, 0.1) is 6.54 Å². The molecule has 2 aromatic rings. The van der Waals surface area contributed by atoms with E-state index in [1.165, 1.54) is 6.07 Å². The average Bonchev–Trinajstić information content (AvgIpc) is 3.13. The van der Waals surface area contributed by atoms with Gasteiger partial charge in [-0.25, -0.2) is 14.0 Å². The molecule has 1 aliphatic rings. The average molecular weight is 441 g/mol. The Hall–Kier alpha value is -3.37. The van der Waals surface area contributed by atoms with E-state index < -0.39 is 11.9 Å². The van der Waals surface area contributed by atoms with Crippen LogP contribution in [0.1, 0.15) is 5.56 Å². The molecule has 0 fully saturated rings. The Kier molecular flexibility index (Phi) is 7.96. The van der Waals surface area contributed by atoms with Gasteiger partial charge in [-0.3, -0.25) is 9.69 Å². The molecule has 2 aromatic carbocycles. The second-order valence-electron chi connectivity index (χ2n) is 6.10. The van der Waals surface area contributed by atoms with E-state index in [-0.39, 0.29) is 31.6 Å². The largest absolute Gasteiger partial charge is 0.473 e. The molecule has 0 radical (unpaired) electrons. The van der Waals surface area contributed by atoms with Crippen LogP contribution in [0.4, 0.5) is 10.1 Å².